The van der Waals surface area contributed by atoms with Gasteiger partial charge in [0, 0.05) is 50.9 Å². The number of carbonyl (C=O) groups excluding carboxylic acids is 1. The maximum absolute atomic E-state index is 12.6. The number of rotatable bonds is 7. The summed E-state index contributed by atoms with van der Waals surface area (Å²) in [5, 5.41) is 2.85. The smallest absolute Gasteiger partial charge is 0.281 e. The van der Waals surface area contributed by atoms with Crippen LogP contribution in [0, 0.1) is 0 Å². The number of nitrogens with two attached hydrogens (primary N) is 1. The van der Waals surface area contributed by atoms with Gasteiger partial charge < -0.3 is 15.8 Å². The van der Waals surface area contributed by atoms with Gasteiger partial charge in [0.1, 0.15) is 11.6 Å². The first-order valence-electron chi connectivity index (χ1n) is 10.1. The van der Waals surface area contributed by atoms with Crippen molar-refractivity contribution >= 4 is 21.9 Å². The molecule has 1 aliphatic heterocycles. The molecule has 0 aliphatic carbocycles. The van der Waals surface area contributed by atoms with Crippen molar-refractivity contribution in [1.82, 2.24) is 18.9 Å². The minimum atomic E-state index is -3.41. The van der Waals surface area contributed by atoms with E-state index in [1.54, 1.807) is 19.2 Å². The fourth-order valence-corrected chi connectivity index (χ4v) is 4.78. The second-order valence-electron chi connectivity index (χ2n) is 7.63. The van der Waals surface area contributed by atoms with Gasteiger partial charge in [0.2, 0.25) is 0 Å². The zero-order chi connectivity index (χ0) is 22.6. The van der Waals surface area contributed by atoms with E-state index in [2.05, 4.69) is 10.3 Å². The van der Waals surface area contributed by atoms with Crippen LogP contribution >= 0.6 is 0 Å². The van der Waals surface area contributed by atoms with E-state index < -0.39 is 10.2 Å². The number of nitrogens with one attached hydrogen (secondary N) is 1. The van der Waals surface area contributed by atoms with Crippen LogP contribution in [0.1, 0.15) is 40.4 Å². The second-order valence-corrected chi connectivity index (χ2v) is 9.77. The van der Waals surface area contributed by atoms with Gasteiger partial charge in [0.15, 0.2) is 0 Å². The molecule has 3 N–H and O–H groups in total. The number of anilines is 1. The quantitative estimate of drug-likeness (QED) is 0.666. The van der Waals surface area contributed by atoms with Crippen LogP contribution in [0.5, 0.6) is 5.75 Å². The predicted octanol–water partition coefficient (Wildman–Crippen LogP) is 1.59. The van der Waals surface area contributed by atoms with Crippen LogP contribution < -0.4 is 15.8 Å². The van der Waals surface area contributed by atoms with Gasteiger partial charge in [-0.05, 0) is 31.0 Å². The van der Waals surface area contributed by atoms with Crippen LogP contribution in [-0.4, -0.2) is 62.2 Å². The number of para-hydroxylation sites is 1. The average Bonchev–Trinajstić information content (AvgIpc) is 2.77. The Kier molecular flexibility index (Phi) is 7.14. The number of benzene rings is 1. The Morgan fingerprint density at radius 2 is 1.90 bits per heavy atom. The first kappa shape index (κ1) is 23.0. The van der Waals surface area contributed by atoms with Crippen LogP contribution in [-0.2, 0) is 16.8 Å². The molecule has 1 aliphatic rings. The fraction of sp³-hybridized carbons (Fsp3) is 0.429. The topological polar surface area (TPSA) is 118 Å². The molecule has 1 aromatic heterocycles. The molecule has 1 saturated heterocycles. The second kappa shape index (κ2) is 9.63. The normalized spacial score (nSPS) is 15.7. The summed E-state index contributed by atoms with van der Waals surface area (Å²) < 4.78 is 32.5. The third kappa shape index (κ3) is 5.15. The van der Waals surface area contributed by atoms with Crippen LogP contribution in [0.4, 0.5) is 5.82 Å². The van der Waals surface area contributed by atoms with Gasteiger partial charge >= 0.3 is 0 Å². The SMILES string of the molecule is COc1ccccc1CNC(=O)c1ccc(C2CCN(S(=O)(=O)N(C)C)CC2)nc1N. The summed E-state index contributed by atoms with van der Waals surface area (Å²) >= 11 is 0. The molecule has 0 atom stereocenters. The molecule has 1 aromatic carbocycles. The van der Waals surface area contributed by atoms with E-state index in [9.17, 15) is 13.2 Å². The number of hydrogen-bond acceptors (Lipinski definition) is 6. The van der Waals surface area contributed by atoms with E-state index >= 15 is 0 Å². The Balaban J connectivity index is 1.63. The summed E-state index contributed by atoms with van der Waals surface area (Å²) in [6, 6.07) is 10.9. The lowest BCUT2D eigenvalue weighted by molar-refractivity contribution is 0.0951. The molecule has 0 bridgehead atoms. The minimum Gasteiger partial charge on any atom is -0.496 e. The Hall–Kier alpha value is -2.69. The number of nitrogens with zero attached hydrogens (tertiary/aromatic N) is 3. The summed E-state index contributed by atoms with van der Waals surface area (Å²) in [5.74, 6) is 0.654. The van der Waals surface area contributed by atoms with E-state index in [1.807, 2.05) is 24.3 Å². The number of piperidine rings is 1. The first-order valence-corrected chi connectivity index (χ1v) is 11.5. The highest BCUT2D eigenvalue weighted by atomic mass is 32.2. The molecule has 3 rings (SSSR count). The van der Waals surface area contributed by atoms with E-state index in [0.29, 0.717) is 43.8 Å². The highest BCUT2D eigenvalue weighted by Gasteiger charge is 2.30. The number of pyridine rings is 1. The number of aromatic nitrogens is 1. The van der Waals surface area contributed by atoms with Gasteiger partial charge in [-0.15, -0.1) is 0 Å². The zero-order valence-corrected chi connectivity index (χ0v) is 18.9. The van der Waals surface area contributed by atoms with Crippen LogP contribution in [0.3, 0.4) is 0 Å². The number of amides is 1. The monoisotopic (exact) mass is 447 g/mol. The number of nitrogen functional groups attached to an aromatic ring is 1. The molecule has 1 fully saturated rings. The lowest BCUT2D eigenvalue weighted by atomic mass is 9.93. The van der Waals surface area contributed by atoms with Crippen LogP contribution in [0.2, 0.25) is 0 Å². The molecule has 9 nitrogen and oxygen atoms in total. The highest BCUT2D eigenvalue weighted by molar-refractivity contribution is 7.86. The molecule has 0 radical (unpaired) electrons. The lowest BCUT2D eigenvalue weighted by Gasteiger charge is -2.32. The number of hydrogen-bond donors (Lipinski definition) is 2. The molecule has 0 saturated carbocycles. The number of methoxy groups -OCH3 is 1. The summed E-state index contributed by atoms with van der Waals surface area (Å²) in [4.78, 5) is 17.0. The highest BCUT2D eigenvalue weighted by Crippen LogP contribution is 2.29. The van der Waals surface area contributed by atoms with Crippen molar-refractivity contribution < 1.29 is 17.9 Å². The molecule has 1 amide bonds. The third-order valence-electron chi connectivity index (χ3n) is 5.48. The fourth-order valence-electron chi connectivity index (χ4n) is 3.64. The molecule has 0 spiro atoms. The molecule has 2 heterocycles. The Labute approximate surface area is 183 Å². The van der Waals surface area contributed by atoms with Gasteiger partial charge in [-0.2, -0.15) is 17.0 Å². The standard InChI is InChI=1S/C21H29N5O4S/c1-25(2)31(28,29)26-12-10-15(11-13-26)18-9-8-17(20(22)24-18)21(27)23-14-16-6-4-5-7-19(16)30-3/h4-9,15H,10-14H2,1-3H3,(H2,22,24)(H,23,27). The van der Waals surface area contributed by atoms with Crippen molar-refractivity contribution in [3.63, 3.8) is 0 Å². The largest absolute Gasteiger partial charge is 0.496 e. The van der Waals surface area contributed by atoms with E-state index in [0.717, 1.165) is 11.3 Å². The van der Waals surface area contributed by atoms with Gasteiger partial charge in [-0.1, -0.05) is 18.2 Å². The predicted molar refractivity (Wildman–Crippen MR) is 119 cm³/mol. The number of ether oxygens (including phenoxy) is 1. The average molecular weight is 448 g/mol. The van der Waals surface area contributed by atoms with Crippen molar-refractivity contribution in [3.8, 4) is 5.75 Å². The molecular weight excluding hydrogens is 418 g/mol. The Bertz CT molecular complexity index is 1030. The Morgan fingerprint density at radius 3 is 2.52 bits per heavy atom. The molecular formula is C21H29N5O4S. The Morgan fingerprint density at radius 1 is 1.23 bits per heavy atom. The van der Waals surface area contributed by atoms with Crippen molar-refractivity contribution in [1.29, 1.82) is 0 Å². The number of carbonyl (C=O) groups is 1. The summed E-state index contributed by atoms with van der Waals surface area (Å²) in [6.07, 6.45) is 1.30. The van der Waals surface area contributed by atoms with Crippen molar-refractivity contribution in [2.75, 3.05) is 40.0 Å². The molecule has 10 heteroatoms. The lowest BCUT2D eigenvalue weighted by Crippen LogP contribution is -2.44. The molecule has 168 valence electrons. The van der Waals surface area contributed by atoms with Crippen LogP contribution in [0.25, 0.3) is 0 Å². The molecule has 31 heavy (non-hydrogen) atoms. The summed E-state index contributed by atoms with van der Waals surface area (Å²) in [5.41, 5.74) is 8.03. The molecule has 2 aromatic rings. The minimum absolute atomic E-state index is 0.0987. The van der Waals surface area contributed by atoms with Crippen molar-refractivity contribution in [2.45, 2.75) is 25.3 Å². The van der Waals surface area contributed by atoms with E-state index in [-0.39, 0.29) is 17.6 Å². The van der Waals surface area contributed by atoms with Crippen molar-refractivity contribution in [3.05, 3.63) is 53.2 Å². The maximum Gasteiger partial charge on any atom is 0.281 e. The van der Waals surface area contributed by atoms with E-state index in [4.69, 9.17) is 10.5 Å². The summed E-state index contributed by atoms with van der Waals surface area (Å²) in [7, 11) is 1.24. The van der Waals surface area contributed by atoms with E-state index in [1.165, 1.54) is 22.7 Å². The third-order valence-corrected chi connectivity index (χ3v) is 7.42. The maximum atomic E-state index is 12.6. The molecule has 0 unspecified atom stereocenters. The van der Waals surface area contributed by atoms with Gasteiger partial charge in [-0.3, -0.25) is 4.79 Å². The van der Waals surface area contributed by atoms with Gasteiger partial charge in [0.05, 0.1) is 12.7 Å². The van der Waals surface area contributed by atoms with Gasteiger partial charge in [0.25, 0.3) is 16.1 Å². The first-order chi connectivity index (χ1) is 14.7. The summed E-state index contributed by atoms with van der Waals surface area (Å²) in [6.45, 7) is 1.16. The van der Waals surface area contributed by atoms with Gasteiger partial charge in [-0.25, -0.2) is 4.98 Å². The zero-order valence-electron chi connectivity index (χ0n) is 18.0. The van der Waals surface area contributed by atoms with Crippen molar-refractivity contribution in [2.24, 2.45) is 0 Å². The van der Waals surface area contributed by atoms with Crippen LogP contribution in [0.15, 0.2) is 36.4 Å².